The maximum atomic E-state index is 6.63. The Hall–Kier alpha value is -2.75. The number of rotatable bonds is 8. The van der Waals surface area contributed by atoms with Crippen LogP contribution in [0.3, 0.4) is 0 Å². The molecule has 1 unspecified atom stereocenters. The molecule has 0 amide bonds. The van der Waals surface area contributed by atoms with Crippen LogP contribution in [0.2, 0.25) is 18.1 Å². The van der Waals surface area contributed by atoms with Crippen molar-refractivity contribution in [3.05, 3.63) is 119 Å². The van der Waals surface area contributed by atoms with Gasteiger partial charge in [0.15, 0.2) is 0 Å². The van der Waals surface area contributed by atoms with Crippen LogP contribution in [0.4, 0.5) is 0 Å². The Bertz CT molecular complexity index is 1300. The molecule has 0 aliphatic carbocycles. The summed E-state index contributed by atoms with van der Waals surface area (Å²) in [6.07, 6.45) is 0.983. The lowest BCUT2D eigenvalue weighted by Gasteiger charge is -2.37. The Labute approximate surface area is 229 Å². The second-order valence-electron chi connectivity index (χ2n) is 11.6. The highest BCUT2D eigenvalue weighted by Gasteiger charge is 2.39. The van der Waals surface area contributed by atoms with Crippen LogP contribution in [0.5, 0.6) is 5.75 Å². The lowest BCUT2D eigenvalue weighted by molar-refractivity contribution is 0.489. The minimum atomic E-state index is -1.87. The lowest BCUT2D eigenvalue weighted by Crippen LogP contribution is -2.44. The Kier molecular flexibility index (Phi) is 8.35. The topological polar surface area (TPSA) is 9.23 Å². The average molecular weight is 525 g/mol. The van der Waals surface area contributed by atoms with E-state index in [2.05, 4.69) is 145 Å². The van der Waals surface area contributed by atoms with Gasteiger partial charge in [0.2, 0.25) is 8.32 Å². The van der Waals surface area contributed by atoms with Crippen LogP contribution in [0, 0.1) is 13.8 Å². The number of hydrogen-bond donors (Lipinski definition) is 0. The summed E-state index contributed by atoms with van der Waals surface area (Å²) in [5, 5.41) is 0.499. The molecular formula is C34H40OSSi. The molecule has 3 heteroatoms. The summed E-state index contributed by atoms with van der Waals surface area (Å²) in [5.41, 5.74) is 7.73. The molecular weight excluding hydrogens is 485 g/mol. The number of thioether (sulfide) groups is 1. The number of hydrogen-bond acceptors (Lipinski definition) is 2. The zero-order valence-corrected chi connectivity index (χ0v) is 25.2. The van der Waals surface area contributed by atoms with Crippen LogP contribution in [0.25, 0.3) is 11.1 Å². The van der Waals surface area contributed by atoms with Gasteiger partial charge in [0.25, 0.3) is 0 Å². The van der Waals surface area contributed by atoms with Crippen molar-refractivity contribution in [2.24, 2.45) is 0 Å². The van der Waals surface area contributed by atoms with Crippen molar-refractivity contribution in [1.82, 2.24) is 0 Å². The molecule has 0 heterocycles. The first-order valence-electron chi connectivity index (χ1n) is 13.2. The van der Waals surface area contributed by atoms with Gasteiger partial charge in [-0.1, -0.05) is 105 Å². The maximum Gasteiger partial charge on any atom is 0.250 e. The summed E-state index contributed by atoms with van der Waals surface area (Å²) >= 11 is 1.94. The normalized spacial score (nSPS) is 12.8. The summed E-state index contributed by atoms with van der Waals surface area (Å²) in [5.74, 6) is 1.03. The van der Waals surface area contributed by atoms with E-state index in [9.17, 15) is 0 Å². The summed E-state index contributed by atoms with van der Waals surface area (Å²) in [6, 6.07) is 35.4. The van der Waals surface area contributed by atoms with Crippen molar-refractivity contribution in [1.29, 1.82) is 0 Å². The molecule has 4 rings (SSSR count). The first-order chi connectivity index (χ1) is 17.5. The fraction of sp³-hybridized carbons (Fsp3) is 0.294. The van der Waals surface area contributed by atoms with E-state index in [0.717, 1.165) is 12.2 Å². The van der Waals surface area contributed by atoms with Crippen LogP contribution in [0.1, 0.15) is 48.3 Å². The Morgan fingerprint density at radius 2 is 1.35 bits per heavy atom. The standard InChI is InChI=1S/C34H40OSSi/c1-25-13-15-28(16-14-25)29-17-19-30(20-18-29)33(24-27-11-9-8-10-12-27)36-31-21-22-32(26(2)23-31)35-37(6,7)34(3,4)5/h8-23,33H,24H2,1-7H3. The van der Waals surface area contributed by atoms with Gasteiger partial charge in [-0.3, -0.25) is 0 Å². The van der Waals surface area contributed by atoms with Crippen LogP contribution in [-0.2, 0) is 6.42 Å². The van der Waals surface area contributed by atoms with E-state index in [4.69, 9.17) is 4.43 Å². The lowest BCUT2D eigenvalue weighted by atomic mass is 9.99. The van der Waals surface area contributed by atoms with Crippen molar-refractivity contribution in [2.75, 3.05) is 0 Å². The fourth-order valence-corrected chi connectivity index (χ4v) is 6.47. The van der Waals surface area contributed by atoms with Crippen LogP contribution in [-0.4, -0.2) is 8.32 Å². The molecule has 0 bridgehead atoms. The van der Waals surface area contributed by atoms with Gasteiger partial charge in [-0.15, -0.1) is 11.8 Å². The molecule has 4 aromatic rings. The van der Waals surface area contributed by atoms with Gasteiger partial charge in [0, 0.05) is 10.1 Å². The third-order valence-corrected chi connectivity index (χ3v) is 13.1. The highest BCUT2D eigenvalue weighted by molar-refractivity contribution is 7.99. The van der Waals surface area contributed by atoms with E-state index in [0.29, 0.717) is 5.25 Å². The molecule has 192 valence electrons. The minimum Gasteiger partial charge on any atom is -0.543 e. The molecule has 0 saturated carbocycles. The zero-order valence-electron chi connectivity index (χ0n) is 23.3. The van der Waals surface area contributed by atoms with E-state index in [1.807, 2.05) is 11.8 Å². The minimum absolute atomic E-state index is 0.179. The summed E-state index contributed by atoms with van der Waals surface area (Å²) < 4.78 is 6.63. The largest absolute Gasteiger partial charge is 0.543 e. The molecule has 0 N–H and O–H groups in total. The molecule has 37 heavy (non-hydrogen) atoms. The van der Waals surface area contributed by atoms with Gasteiger partial charge in [-0.25, -0.2) is 0 Å². The molecule has 0 saturated heterocycles. The predicted octanol–water partition coefficient (Wildman–Crippen LogP) is 10.4. The molecule has 0 fully saturated rings. The third-order valence-electron chi connectivity index (χ3n) is 7.53. The average Bonchev–Trinajstić information content (AvgIpc) is 2.86. The van der Waals surface area contributed by atoms with E-state index in [1.54, 1.807) is 0 Å². The van der Waals surface area contributed by atoms with E-state index >= 15 is 0 Å². The molecule has 4 aromatic carbocycles. The van der Waals surface area contributed by atoms with Crippen LogP contribution in [0.15, 0.2) is 102 Å². The quantitative estimate of drug-likeness (QED) is 0.167. The Morgan fingerprint density at radius 3 is 1.92 bits per heavy atom. The first kappa shape index (κ1) is 27.3. The van der Waals surface area contributed by atoms with Gasteiger partial charge in [-0.05, 0) is 84.4 Å². The number of aryl methyl sites for hydroxylation is 2. The maximum absolute atomic E-state index is 6.63. The van der Waals surface area contributed by atoms with E-state index < -0.39 is 8.32 Å². The van der Waals surface area contributed by atoms with Crippen LogP contribution >= 0.6 is 11.8 Å². The monoisotopic (exact) mass is 524 g/mol. The van der Waals surface area contributed by atoms with Gasteiger partial charge in [-0.2, -0.15) is 0 Å². The third kappa shape index (κ3) is 6.97. The van der Waals surface area contributed by atoms with Crippen molar-refractivity contribution in [3.63, 3.8) is 0 Å². The molecule has 0 spiro atoms. The highest BCUT2D eigenvalue weighted by atomic mass is 32.2. The van der Waals surface area contributed by atoms with Crippen molar-refractivity contribution in [3.8, 4) is 16.9 Å². The molecule has 0 aliphatic rings. The zero-order chi connectivity index (χ0) is 26.6. The van der Waals surface area contributed by atoms with E-state index in [-0.39, 0.29) is 5.04 Å². The second-order valence-corrected chi connectivity index (χ2v) is 17.6. The van der Waals surface area contributed by atoms with Crippen LogP contribution < -0.4 is 4.43 Å². The molecule has 1 nitrogen and oxygen atoms in total. The Morgan fingerprint density at radius 1 is 0.757 bits per heavy atom. The molecule has 0 aliphatic heterocycles. The van der Waals surface area contributed by atoms with Gasteiger partial charge in [0.1, 0.15) is 5.75 Å². The first-order valence-corrected chi connectivity index (χ1v) is 17.0. The fourth-order valence-electron chi connectivity index (χ4n) is 4.09. The number of benzene rings is 4. The highest BCUT2D eigenvalue weighted by Crippen LogP contribution is 2.42. The van der Waals surface area contributed by atoms with E-state index in [1.165, 1.54) is 38.3 Å². The molecule has 1 atom stereocenters. The molecule has 0 aromatic heterocycles. The Balaban J connectivity index is 1.58. The van der Waals surface area contributed by atoms with Crippen molar-refractivity contribution >= 4 is 20.1 Å². The van der Waals surface area contributed by atoms with Gasteiger partial charge < -0.3 is 4.43 Å². The van der Waals surface area contributed by atoms with Crippen molar-refractivity contribution < 1.29 is 4.43 Å². The van der Waals surface area contributed by atoms with Gasteiger partial charge >= 0.3 is 0 Å². The van der Waals surface area contributed by atoms with Gasteiger partial charge in [0.05, 0.1) is 0 Å². The molecule has 0 radical (unpaired) electrons. The second kappa shape index (κ2) is 11.3. The summed E-state index contributed by atoms with van der Waals surface area (Å²) in [7, 11) is -1.87. The SMILES string of the molecule is Cc1ccc(-c2ccc(C(Cc3ccccc3)Sc3ccc(O[Si](C)(C)C(C)(C)C)c(C)c3)cc2)cc1. The summed E-state index contributed by atoms with van der Waals surface area (Å²) in [4.78, 5) is 1.28. The smallest absolute Gasteiger partial charge is 0.250 e. The van der Waals surface area contributed by atoms with Crippen molar-refractivity contribution in [2.45, 2.75) is 69.3 Å². The predicted molar refractivity (Wildman–Crippen MR) is 164 cm³/mol. The summed E-state index contributed by atoms with van der Waals surface area (Å²) in [6.45, 7) is 15.8.